The molecule has 0 radical (unpaired) electrons. The fraction of sp³-hybridized carbons (Fsp3) is 0.600. The van der Waals surface area contributed by atoms with Gasteiger partial charge in [-0.1, -0.05) is 13.3 Å². The Morgan fingerprint density at radius 3 is 2.33 bits per heavy atom. The van der Waals surface area contributed by atoms with E-state index < -0.39 is 15.6 Å². The summed E-state index contributed by atoms with van der Waals surface area (Å²) in [6.45, 7) is 5.68. The van der Waals surface area contributed by atoms with Crippen LogP contribution in [0.4, 0.5) is 5.95 Å². The lowest BCUT2D eigenvalue weighted by molar-refractivity contribution is 0.417. The quantitative estimate of drug-likeness (QED) is 0.517. The van der Waals surface area contributed by atoms with Gasteiger partial charge in [-0.2, -0.15) is 0 Å². The molecule has 0 atom stereocenters. The molecule has 0 aliphatic rings. The van der Waals surface area contributed by atoms with Gasteiger partial charge in [-0.3, -0.25) is 5.43 Å². The lowest BCUT2D eigenvalue weighted by Gasteiger charge is -2.25. The van der Waals surface area contributed by atoms with Crippen molar-refractivity contribution in [3.63, 3.8) is 0 Å². The standard InChI is InChI=1S/C10H19N5O2S/c1-4-5-10(2,3)15-18(16,17)8-6-12-9(14-11)13-7-8/h6-7,15H,4-5,11H2,1-3H3,(H,12,13,14). The number of hydrogen-bond acceptors (Lipinski definition) is 6. The van der Waals surface area contributed by atoms with Crippen LogP contribution in [0.25, 0.3) is 0 Å². The number of hydrogen-bond donors (Lipinski definition) is 3. The van der Waals surface area contributed by atoms with E-state index in [4.69, 9.17) is 5.84 Å². The van der Waals surface area contributed by atoms with Gasteiger partial charge < -0.3 is 0 Å². The maximum atomic E-state index is 12.1. The Hall–Kier alpha value is -1.25. The number of rotatable bonds is 6. The summed E-state index contributed by atoms with van der Waals surface area (Å²) in [6, 6.07) is 0. The molecule has 1 aromatic rings. The van der Waals surface area contributed by atoms with Gasteiger partial charge in [0.1, 0.15) is 4.90 Å². The predicted octanol–water partition coefficient (Wildman–Crippen LogP) is 0.619. The Balaban J connectivity index is 2.92. The van der Waals surface area contributed by atoms with Gasteiger partial charge >= 0.3 is 0 Å². The maximum absolute atomic E-state index is 12.1. The summed E-state index contributed by atoms with van der Waals surface area (Å²) < 4.78 is 26.8. The van der Waals surface area contributed by atoms with Gasteiger partial charge in [0, 0.05) is 5.54 Å². The molecule has 0 saturated carbocycles. The SMILES string of the molecule is CCCC(C)(C)NS(=O)(=O)c1cnc(NN)nc1. The molecular weight excluding hydrogens is 254 g/mol. The minimum Gasteiger partial charge on any atom is -0.292 e. The summed E-state index contributed by atoms with van der Waals surface area (Å²) in [5, 5.41) is 0. The normalized spacial score (nSPS) is 12.4. The first-order valence-electron chi connectivity index (χ1n) is 5.63. The molecule has 0 unspecified atom stereocenters. The van der Waals surface area contributed by atoms with Crippen molar-refractivity contribution in [2.24, 2.45) is 5.84 Å². The van der Waals surface area contributed by atoms with E-state index in [9.17, 15) is 8.42 Å². The van der Waals surface area contributed by atoms with Crippen LogP contribution in [0.5, 0.6) is 0 Å². The molecule has 102 valence electrons. The molecule has 0 saturated heterocycles. The van der Waals surface area contributed by atoms with Gasteiger partial charge in [-0.25, -0.2) is 29.0 Å². The second-order valence-electron chi connectivity index (χ2n) is 4.63. The predicted molar refractivity (Wildman–Crippen MR) is 69.2 cm³/mol. The summed E-state index contributed by atoms with van der Waals surface area (Å²) in [5.41, 5.74) is 1.74. The molecule has 0 spiro atoms. The third-order valence-corrected chi connectivity index (χ3v) is 4.01. The van der Waals surface area contributed by atoms with Crippen LogP contribution in [0.1, 0.15) is 33.6 Å². The largest absolute Gasteiger partial charge is 0.292 e. The zero-order valence-electron chi connectivity index (χ0n) is 10.8. The van der Waals surface area contributed by atoms with E-state index in [-0.39, 0.29) is 10.8 Å². The molecule has 0 aliphatic carbocycles. The van der Waals surface area contributed by atoms with Crippen LogP contribution in [0, 0.1) is 0 Å². The summed E-state index contributed by atoms with van der Waals surface area (Å²) >= 11 is 0. The van der Waals surface area contributed by atoms with E-state index in [0.717, 1.165) is 12.8 Å². The first-order chi connectivity index (χ1) is 8.30. The first-order valence-corrected chi connectivity index (χ1v) is 7.12. The van der Waals surface area contributed by atoms with E-state index in [1.807, 2.05) is 20.8 Å². The van der Waals surface area contributed by atoms with Crippen LogP contribution in [0.2, 0.25) is 0 Å². The molecule has 18 heavy (non-hydrogen) atoms. The van der Waals surface area contributed by atoms with Crippen molar-refractivity contribution in [1.82, 2.24) is 14.7 Å². The highest BCUT2D eigenvalue weighted by Gasteiger charge is 2.25. The number of aromatic nitrogens is 2. The second-order valence-corrected chi connectivity index (χ2v) is 6.31. The van der Waals surface area contributed by atoms with Crippen molar-refractivity contribution >= 4 is 16.0 Å². The summed E-state index contributed by atoms with van der Waals surface area (Å²) in [4.78, 5) is 7.57. The highest BCUT2D eigenvalue weighted by molar-refractivity contribution is 7.89. The van der Waals surface area contributed by atoms with Crippen LogP contribution in [-0.4, -0.2) is 23.9 Å². The smallest absolute Gasteiger partial charge is 0.244 e. The Morgan fingerprint density at radius 2 is 1.89 bits per heavy atom. The van der Waals surface area contributed by atoms with Crippen molar-refractivity contribution in [1.29, 1.82) is 0 Å². The van der Waals surface area contributed by atoms with Crippen LogP contribution in [0.3, 0.4) is 0 Å². The number of sulfonamides is 1. The topological polar surface area (TPSA) is 110 Å². The number of nitrogens with zero attached hydrogens (tertiary/aromatic N) is 2. The van der Waals surface area contributed by atoms with Crippen LogP contribution >= 0.6 is 0 Å². The molecule has 8 heteroatoms. The second kappa shape index (κ2) is 5.59. The van der Waals surface area contributed by atoms with E-state index in [1.165, 1.54) is 12.4 Å². The van der Waals surface area contributed by atoms with Crippen molar-refractivity contribution < 1.29 is 8.42 Å². The third-order valence-electron chi connectivity index (χ3n) is 2.35. The maximum Gasteiger partial charge on any atom is 0.244 e. The molecule has 1 aromatic heterocycles. The molecule has 1 heterocycles. The third kappa shape index (κ3) is 3.90. The van der Waals surface area contributed by atoms with Gasteiger partial charge in [0.05, 0.1) is 12.4 Å². The van der Waals surface area contributed by atoms with E-state index in [2.05, 4.69) is 20.1 Å². The van der Waals surface area contributed by atoms with Gasteiger partial charge in [-0.05, 0) is 20.3 Å². The number of hydrazine groups is 1. The Labute approximate surface area is 107 Å². The fourth-order valence-electron chi connectivity index (χ4n) is 1.63. The number of nitrogen functional groups attached to an aromatic ring is 1. The lowest BCUT2D eigenvalue weighted by Crippen LogP contribution is -2.43. The van der Waals surface area contributed by atoms with Crippen LogP contribution < -0.4 is 16.0 Å². The van der Waals surface area contributed by atoms with Crippen LogP contribution in [0.15, 0.2) is 17.3 Å². The van der Waals surface area contributed by atoms with Gasteiger partial charge in [0.15, 0.2) is 0 Å². The average Bonchev–Trinajstić information content (AvgIpc) is 2.27. The molecule has 0 bridgehead atoms. The zero-order valence-corrected chi connectivity index (χ0v) is 11.6. The number of nitrogens with two attached hydrogens (primary N) is 1. The van der Waals surface area contributed by atoms with Crippen molar-refractivity contribution in [3.05, 3.63) is 12.4 Å². The average molecular weight is 273 g/mol. The van der Waals surface area contributed by atoms with Gasteiger partial charge in [0.25, 0.3) is 0 Å². The van der Waals surface area contributed by atoms with Crippen molar-refractivity contribution in [2.45, 2.75) is 44.0 Å². The Morgan fingerprint density at radius 1 is 1.33 bits per heavy atom. The highest BCUT2D eigenvalue weighted by atomic mass is 32.2. The lowest BCUT2D eigenvalue weighted by atomic mass is 10.0. The minimum atomic E-state index is -3.61. The van der Waals surface area contributed by atoms with E-state index in [1.54, 1.807) is 0 Å². The Bertz CT molecular complexity index is 483. The van der Waals surface area contributed by atoms with Gasteiger partial charge in [0.2, 0.25) is 16.0 Å². The summed E-state index contributed by atoms with van der Waals surface area (Å²) in [7, 11) is -3.61. The zero-order chi connectivity index (χ0) is 13.8. The number of anilines is 1. The van der Waals surface area contributed by atoms with E-state index in [0.29, 0.717) is 0 Å². The molecule has 0 aromatic carbocycles. The minimum absolute atomic E-state index is 0.0191. The summed E-state index contributed by atoms with van der Waals surface area (Å²) in [6.07, 6.45) is 4.07. The molecule has 0 aliphatic heterocycles. The summed E-state index contributed by atoms with van der Waals surface area (Å²) in [5.74, 6) is 5.28. The van der Waals surface area contributed by atoms with Crippen LogP contribution in [-0.2, 0) is 10.0 Å². The molecule has 0 fully saturated rings. The molecule has 7 nitrogen and oxygen atoms in total. The molecule has 4 N–H and O–H groups in total. The Kier molecular flexibility index (Phi) is 4.60. The molecule has 1 rings (SSSR count). The molecular formula is C10H19N5O2S. The fourth-order valence-corrected chi connectivity index (χ4v) is 2.96. The van der Waals surface area contributed by atoms with E-state index >= 15 is 0 Å². The van der Waals surface area contributed by atoms with Crippen molar-refractivity contribution in [2.75, 3.05) is 5.43 Å². The number of nitrogens with one attached hydrogen (secondary N) is 2. The monoisotopic (exact) mass is 273 g/mol. The molecule has 0 amide bonds. The van der Waals surface area contributed by atoms with Gasteiger partial charge in [-0.15, -0.1) is 0 Å². The van der Waals surface area contributed by atoms with Crippen molar-refractivity contribution in [3.8, 4) is 0 Å². The first kappa shape index (κ1) is 14.8. The highest BCUT2D eigenvalue weighted by Crippen LogP contribution is 2.16.